The molecule has 0 saturated heterocycles. The average Bonchev–Trinajstić information content (AvgIpc) is 3.92. The summed E-state index contributed by atoms with van der Waals surface area (Å²) in [7, 11) is 0. The van der Waals surface area contributed by atoms with Crippen molar-refractivity contribution in [2.24, 2.45) is 0 Å². The number of pyridine rings is 2. The lowest BCUT2D eigenvalue weighted by Gasteiger charge is -2.31. The van der Waals surface area contributed by atoms with Crippen molar-refractivity contribution in [3.05, 3.63) is 180 Å². The lowest BCUT2D eigenvalue weighted by Crippen LogP contribution is -2.26. The summed E-state index contributed by atoms with van der Waals surface area (Å²) in [5, 5.41) is 4.34. The van der Waals surface area contributed by atoms with Crippen molar-refractivity contribution >= 4 is 43.9 Å². The van der Waals surface area contributed by atoms with Crippen molar-refractivity contribution in [1.29, 1.82) is 0 Å². The Morgan fingerprint density at radius 3 is 1.31 bits per heavy atom. The molecule has 1 spiro atoms. The first-order valence-electron chi connectivity index (χ1n) is 17.3. The summed E-state index contributed by atoms with van der Waals surface area (Å²) in [6.45, 7) is 0. The summed E-state index contributed by atoms with van der Waals surface area (Å²) in [6.07, 6.45) is 3.80. The van der Waals surface area contributed by atoms with Crippen LogP contribution < -0.4 is 0 Å². The monoisotopic (exact) mass is 650 g/mol. The predicted octanol–water partition coefficient (Wildman–Crippen LogP) is 12.0. The van der Waals surface area contributed by atoms with Gasteiger partial charge in [-0.2, -0.15) is 0 Å². The number of hydrogen-bond acceptors (Lipinski definition) is 4. The first-order valence-corrected chi connectivity index (χ1v) is 17.3. The Hall–Kier alpha value is -6.78. The molecule has 4 aromatic heterocycles. The van der Waals surface area contributed by atoms with Gasteiger partial charge in [-0.1, -0.05) is 109 Å². The topological polar surface area (TPSA) is 52.1 Å². The first-order chi connectivity index (χ1) is 25.3. The minimum atomic E-state index is -0.548. The van der Waals surface area contributed by atoms with Gasteiger partial charge in [0.2, 0.25) is 0 Å². The van der Waals surface area contributed by atoms with Crippen LogP contribution in [-0.2, 0) is 5.41 Å². The molecular formula is C47H26N2O2. The highest BCUT2D eigenvalue weighted by molar-refractivity contribution is 6.10. The molecule has 4 heteroatoms. The molecule has 2 aliphatic rings. The lowest BCUT2D eigenvalue weighted by atomic mass is 9.70. The zero-order valence-electron chi connectivity index (χ0n) is 27.2. The molecule has 12 rings (SSSR count). The van der Waals surface area contributed by atoms with Crippen LogP contribution in [0.25, 0.3) is 88.6 Å². The maximum atomic E-state index is 6.49. The summed E-state index contributed by atoms with van der Waals surface area (Å²) in [4.78, 5) is 9.88. The fourth-order valence-electron chi connectivity index (χ4n) is 9.15. The van der Waals surface area contributed by atoms with Gasteiger partial charge in [0.05, 0.1) is 5.41 Å². The zero-order chi connectivity index (χ0) is 33.3. The van der Waals surface area contributed by atoms with E-state index in [1.165, 1.54) is 44.5 Å². The molecule has 0 bridgehead atoms. The van der Waals surface area contributed by atoms with Gasteiger partial charge in [-0.05, 0) is 80.9 Å². The molecule has 236 valence electrons. The Kier molecular flexibility index (Phi) is 5.14. The highest BCUT2D eigenvalue weighted by Crippen LogP contribution is 2.63. The number of aromatic nitrogens is 2. The Balaban J connectivity index is 1.15. The van der Waals surface area contributed by atoms with E-state index < -0.39 is 5.41 Å². The van der Waals surface area contributed by atoms with Gasteiger partial charge in [0.15, 0.2) is 11.2 Å². The summed E-state index contributed by atoms with van der Waals surface area (Å²) in [5.41, 5.74) is 16.6. The molecular weight excluding hydrogens is 625 g/mol. The van der Waals surface area contributed by atoms with Crippen LogP contribution in [0.3, 0.4) is 0 Å². The quantitative estimate of drug-likeness (QED) is 0.187. The van der Waals surface area contributed by atoms with Crippen LogP contribution in [0.4, 0.5) is 0 Å². The fourth-order valence-corrected chi connectivity index (χ4v) is 9.15. The van der Waals surface area contributed by atoms with E-state index in [2.05, 4.69) is 121 Å². The molecule has 0 saturated carbocycles. The van der Waals surface area contributed by atoms with Crippen LogP contribution in [0.5, 0.6) is 0 Å². The second-order valence-electron chi connectivity index (χ2n) is 13.6. The predicted molar refractivity (Wildman–Crippen MR) is 204 cm³/mol. The fraction of sp³-hybridized carbons (Fsp3) is 0.0213. The number of fused-ring (bicyclic) bond motifs is 16. The molecule has 0 radical (unpaired) electrons. The standard InChI is InChI=1S/C47H26N2O2/c1-5-13-37-29(9-1)30-10-2-6-14-38(30)47(37)39-25-27(43-45-35(21-23-48-43)33-11-3-7-15-41(33)50-45)17-19-31(39)32-20-18-28(26-40(32)47)44-46-36(22-24-49-44)34-12-4-8-16-42(34)51-46/h1-26H. The van der Waals surface area contributed by atoms with E-state index >= 15 is 0 Å². The van der Waals surface area contributed by atoms with Gasteiger partial charge in [0.25, 0.3) is 0 Å². The second kappa shape index (κ2) is 9.68. The van der Waals surface area contributed by atoms with Gasteiger partial charge in [0.1, 0.15) is 22.6 Å². The van der Waals surface area contributed by atoms with Gasteiger partial charge in [-0.25, -0.2) is 0 Å². The molecule has 0 N–H and O–H groups in total. The molecule has 0 atom stereocenters. The van der Waals surface area contributed by atoms with E-state index in [4.69, 9.17) is 18.8 Å². The van der Waals surface area contributed by atoms with E-state index in [0.717, 1.165) is 66.4 Å². The molecule has 4 heterocycles. The van der Waals surface area contributed by atoms with Crippen LogP contribution in [0.2, 0.25) is 0 Å². The lowest BCUT2D eigenvalue weighted by molar-refractivity contribution is 0.668. The normalized spacial score (nSPS) is 13.6. The van der Waals surface area contributed by atoms with Crippen molar-refractivity contribution < 1.29 is 8.83 Å². The molecule has 10 aromatic rings. The summed E-state index contributed by atoms with van der Waals surface area (Å²) < 4.78 is 13.0. The summed E-state index contributed by atoms with van der Waals surface area (Å²) in [6, 6.07) is 52.0. The van der Waals surface area contributed by atoms with E-state index in [1.807, 2.05) is 36.7 Å². The SMILES string of the molecule is c1ccc2c(c1)-c1ccccc1C21c2cc(-c3nccc4c3oc3ccccc34)ccc2-c2ccc(-c3nccc4c3oc3ccccc34)cc21. The number of benzene rings is 6. The Morgan fingerprint density at radius 2 is 0.804 bits per heavy atom. The molecule has 51 heavy (non-hydrogen) atoms. The largest absolute Gasteiger partial charge is 0.454 e. The third-order valence-electron chi connectivity index (χ3n) is 11.2. The van der Waals surface area contributed by atoms with E-state index in [9.17, 15) is 0 Å². The smallest absolute Gasteiger partial charge is 0.161 e. The summed E-state index contributed by atoms with van der Waals surface area (Å²) in [5.74, 6) is 0. The van der Waals surface area contributed by atoms with Crippen molar-refractivity contribution in [2.45, 2.75) is 5.41 Å². The molecule has 0 fully saturated rings. The van der Waals surface area contributed by atoms with Crippen LogP contribution in [-0.4, -0.2) is 9.97 Å². The highest BCUT2D eigenvalue weighted by atomic mass is 16.3. The third kappa shape index (κ3) is 3.39. The van der Waals surface area contributed by atoms with Crippen molar-refractivity contribution in [3.8, 4) is 44.8 Å². The van der Waals surface area contributed by atoms with Gasteiger partial charge in [0, 0.05) is 45.1 Å². The molecule has 4 nitrogen and oxygen atoms in total. The Labute approximate surface area is 292 Å². The van der Waals surface area contributed by atoms with Gasteiger partial charge in [-0.3, -0.25) is 9.97 Å². The molecule has 2 aliphatic carbocycles. The summed E-state index contributed by atoms with van der Waals surface area (Å²) >= 11 is 0. The van der Waals surface area contributed by atoms with E-state index in [-0.39, 0.29) is 0 Å². The number of hydrogen-bond donors (Lipinski definition) is 0. The number of rotatable bonds is 2. The second-order valence-corrected chi connectivity index (χ2v) is 13.6. The Bertz CT molecular complexity index is 2900. The highest BCUT2D eigenvalue weighted by Gasteiger charge is 2.51. The minimum Gasteiger partial charge on any atom is -0.454 e. The number of nitrogens with zero attached hydrogens (tertiary/aromatic N) is 2. The van der Waals surface area contributed by atoms with E-state index in [1.54, 1.807) is 0 Å². The van der Waals surface area contributed by atoms with Gasteiger partial charge in [-0.15, -0.1) is 0 Å². The molecule has 0 aliphatic heterocycles. The van der Waals surface area contributed by atoms with E-state index in [0.29, 0.717) is 0 Å². The average molecular weight is 651 g/mol. The first kappa shape index (κ1) is 27.1. The zero-order valence-corrected chi connectivity index (χ0v) is 27.2. The van der Waals surface area contributed by atoms with Gasteiger partial charge < -0.3 is 8.83 Å². The van der Waals surface area contributed by atoms with Crippen LogP contribution in [0, 0.1) is 0 Å². The minimum absolute atomic E-state index is 0.548. The van der Waals surface area contributed by atoms with Crippen molar-refractivity contribution in [2.75, 3.05) is 0 Å². The molecule has 0 amide bonds. The maximum absolute atomic E-state index is 6.49. The molecule has 6 aromatic carbocycles. The van der Waals surface area contributed by atoms with Crippen LogP contribution >= 0.6 is 0 Å². The van der Waals surface area contributed by atoms with Crippen LogP contribution in [0.1, 0.15) is 22.3 Å². The maximum Gasteiger partial charge on any atom is 0.161 e. The van der Waals surface area contributed by atoms with Gasteiger partial charge >= 0.3 is 0 Å². The van der Waals surface area contributed by atoms with Crippen LogP contribution in [0.15, 0.2) is 167 Å². The van der Waals surface area contributed by atoms with Crippen molar-refractivity contribution in [1.82, 2.24) is 9.97 Å². The molecule has 0 unspecified atom stereocenters. The third-order valence-corrected chi connectivity index (χ3v) is 11.2. The number of furan rings is 2. The Morgan fingerprint density at radius 1 is 0.373 bits per heavy atom. The van der Waals surface area contributed by atoms with Crippen molar-refractivity contribution in [3.63, 3.8) is 0 Å². The number of para-hydroxylation sites is 2.